The highest BCUT2D eigenvalue weighted by Crippen LogP contribution is 2.23. The van der Waals surface area contributed by atoms with E-state index in [1.54, 1.807) is 0 Å². The molecule has 132 valence electrons. The zero-order valence-corrected chi connectivity index (χ0v) is 13.8. The molecule has 1 aromatic rings. The molecule has 1 unspecified atom stereocenters. The fourth-order valence-electron chi connectivity index (χ4n) is 2.82. The lowest BCUT2D eigenvalue weighted by molar-refractivity contribution is -0.145. The largest absolute Gasteiger partial charge is 0.481 e. The number of amides is 1. The summed E-state index contributed by atoms with van der Waals surface area (Å²) in [5.41, 5.74) is 1.06. The van der Waals surface area contributed by atoms with Gasteiger partial charge in [-0.25, -0.2) is 0 Å². The third-order valence-electron chi connectivity index (χ3n) is 4.26. The van der Waals surface area contributed by atoms with E-state index in [1.165, 1.54) is 0 Å². The van der Waals surface area contributed by atoms with E-state index >= 15 is 0 Å². The Morgan fingerprint density at radius 3 is 2.62 bits per heavy atom. The van der Waals surface area contributed by atoms with Crippen molar-refractivity contribution in [3.8, 4) is 0 Å². The van der Waals surface area contributed by atoms with Crippen molar-refractivity contribution in [3.63, 3.8) is 0 Å². The van der Waals surface area contributed by atoms with Crippen molar-refractivity contribution in [1.29, 1.82) is 0 Å². The summed E-state index contributed by atoms with van der Waals surface area (Å²) in [5, 5.41) is 12.1. The van der Waals surface area contributed by atoms with E-state index in [2.05, 4.69) is 5.32 Å². The average molecular weight is 335 g/mol. The molecule has 1 aromatic carbocycles. The zero-order valence-electron chi connectivity index (χ0n) is 13.8. The standard InChI is InChI=1S/C18H25NO5/c20-17(8-11-24-13-14-4-2-1-3-5-14)19-12-16(18(21)22)15-6-9-23-10-7-15/h1-5,15-16H,6-13H2,(H,19,20)(H,21,22). The number of carboxylic acid groups (broad SMARTS) is 1. The van der Waals surface area contributed by atoms with Crippen LogP contribution in [0.25, 0.3) is 0 Å². The van der Waals surface area contributed by atoms with Crippen LogP contribution in [0.5, 0.6) is 0 Å². The van der Waals surface area contributed by atoms with E-state index < -0.39 is 11.9 Å². The van der Waals surface area contributed by atoms with Gasteiger partial charge in [0.15, 0.2) is 0 Å². The average Bonchev–Trinajstić information content (AvgIpc) is 2.60. The van der Waals surface area contributed by atoms with Gasteiger partial charge in [-0.1, -0.05) is 30.3 Å². The number of carboxylic acids is 1. The van der Waals surface area contributed by atoms with E-state index in [9.17, 15) is 14.7 Å². The molecule has 0 saturated carbocycles. The molecule has 0 aliphatic carbocycles. The van der Waals surface area contributed by atoms with E-state index in [1.807, 2.05) is 30.3 Å². The molecule has 1 aliphatic heterocycles. The van der Waals surface area contributed by atoms with Crippen LogP contribution in [0.2, 0.25) is 0 Å². The van der Waals surface area contributed by atoms with Crippen LogP contribution in [0, 0.1) is 11.8 Å². The number of nitrogens with one attached hydrogen (secondary N) is 1. The molecular formula is C18H25NO5. The van der Waals surface area contributed by atoms with Crippen LogP contribution in [0.1, 0.15) is 24.8 Å². The minimum atomic E-state index is -0.859. The van der Waals surface area contributed by atoms with Gasteiger partial charge >= 0.3 is 5.97 Å². The highest BCUT2D eigenvalue weighted by atomic mass is 16.5. The number of hydrogen-bond acceptors (Lipinski definition) is 4. The maximum atomic E-state index is 11.9. The number of hydrogen-bond donors (Lipinski definition) is 2. The van der Waals surface area contributed by atoms with Crippen LogP contribution < -0.4 is 5.32 Å². The van der Waals surface area contributed by atoms with Crippen molar-refractivity contribution in [1.82, 2.24) is 5.32 Å². The SMILES string of the molecule is O=C(CCOCc1ccccc1)NCC(C(=O)O)C1CCOCC1. The van der Waals surface area contributed by atoms with Gasteiger partial charge in [0.1, 0.15) is 0 Å². The molecule has 1 amide bonds. The molecule has 1 atom stereocenters. The van der Waals surface area contributed by atoms with Gasteiger partial charge in [0.2, 0.25) is 5.91 Å². The number of ether oxygens (including phenoxy) is 2. The summed E-state index contributed by atoms with van der Waals surface area (Å²) in [6.45, 7) is 2.13. The Bertz CT molecular complexity index is 513. The Kier molecular flexibility index (Phi) is 7.71. The molecule has 6 nitrogen and oxygen atoms in total. The van der Waals surface area contributed by atoms with E-state index in [-0.39, 0.29) is 24.8 Å². The van der Waals surface area contributed by atoms with Gasteiger partial charge in [0, 0.05) is 26.2 Å². The van der Waals surface area contributed by atoms with Gasteiger partial charge in [-0.05, 0) is 24.3 Å². The first kappa shape index (κ1) is 18.4. The second-order valence-corrected chi connectivity index (χ2v) is 5.99. The normalized spacial score (nSPS) is 16.5. The third-order valence-corrected chi connectivity index (χ3v) is 4.26. The zero-order chi connectivity index (χ0) is 17.2. The molecule has 0 spiro atoms. The second-order valence-electron chi connectivity index (χ2n) is 5.99. The summed E-state index contributed by atoms with van der Waals surface area (Å²) in [4.78, 5) is 23.3. The number of carbonyl (C=O) groups excluding carboxylic acids is 1. The molecule has 1 aliphatic rings. The van der Waals surface area contributed by atoms with Gasteiger partial charge in [0.25, 0.3) is 0 Å². The molecule has 2 rings (SSSR count). The summed E-state index contributed by atoms with van der Waals surface area (Å²) in [6.07, 6.45) is 1.69. The van der Waals surface area contributed by atoms with Crippen LogP contribution in [0.3, 0.4) is 0 Å². The highest BCUT2D eigenvalue weighted by Gasteiger charge is 2.29. The van der Waals surface area contributed by atoms with Crippen molar-refractivity contribution in [2.24, 2.45) is 11.8 Å². The van der Waals surface area contributed by atoms with Gasteiger partial charge in [-0.15, -0.1) is 0 Å². The molecule has 0 bridgehead atoms. The maximum absolute atomic E-state index is 11.9. The number of carbonyl (C=O) groups is 2. The van der Waals surface area contributed by atoms with E-state index in [0.29, 0.717) is 26.4 Å². The van der Waals surface area contributed by atoms with Crippen molar-refractivity contribution in [2.75, 3.05) is 26.4 Å². The van der Waals surface area contributed by atoms with Crippen LogP contribution in [-0.2, 0) is 25.7 Å². The van der Waals surface area contributed by atoms with Gasteiger partial charge in [-0.3, -0.25) is 9.59 Å². The van der Waals surface area contributed by atoms with Crippen molar-refractivity contribution < 1.29 is 24.2 Å². The lowest BCUT2D eigenvalue weighted by Gasteiger charge is -2.27. The predicted octanol–water partition coefficient (Wildman–Crippen LogP) is 1.84. The quantitative estimate of drug-likeness (QED) is 0.673. The molecular weight excluding hydrogens is 310 g/mol. The smallest absolute Gasteiger partial charge is 0.308 e. The van der Waals surface area contributed by atoms with Crippen molar-refractivity contribution >= 4 is 11.9 Å². The third kappa shape index (κ3) is 6.29. The minimum absolute atomic E-state index is 0.0610. The first-order valence-corrected chi connectivity index (χ1v) is 8.35. The van der Waals surface area contributed by atoms with Crippen LogP contribution in [0.15, 0.2) is 30.3 Å². The topological polar surface area (TPSA) is 84.9 Å². The molecule has 0 radical (unpaired) electrons. The highest BCUT2D eigenvalue weighted by molar-refractivity contribution is 5.77. The van der Waals surface area contributed by atoms with Gasteiger partial charge < -0.3 is 19.9 Å². The maximum Gasteiger partial charge on any atom is 0.308 e. The van der Waals surface area contributed by atoms with Crippen LogP contribution in [0.4, 0.5) is 0 Å². The summed E-state index contributed by atoms with van der Waals surface area (Å²) in [6, 6.07) is 9.74. The summed E-state index contributed by atoms with van der Waals surface area (Å²) < 4.78 is 10.7. The van der Waals surface area contributed by atoms with E-state index in [4.69, 9.17) is 9.47 Å². The fraction of sp³-hybridized carbons (Fsp3) is 0.556. The Morgan fingerprint density at radius 2 is 1.96 bits per heavy atom. The Hall–Kier alpha value is -1.92. The Labute approximate surface area is 142 Å². The fourth-order valence-corrected chi connectivity index (χ4v) is 2.82. The minimum Gasteiger partial charge on any atom is -0.481 e. The summed E-state index contributed by atoms with van der Waals surface area (Å²) >= 11 is 0. The predicted molar refractivity (Wildman–Crippen MR) is 88.4 cm³/mol. The van der Waals surface area contributed by atoms with Crippen LogP contribution in [-0.4, -0.2) is 43.3 Å². The van der Waals surface area contributed by atoms with Gasteiger partial charge in [0.05, 0.1) is 19.1 Å². The summed E-state index contributed by atoms with van der Waals surface area (Å²) in [5.74, 6) is -1.53. The monoisotopic (exact) mass is 335 g/mol. The molecule has 24 heavy (non-hydrogen) atoms. The van der Waals surface area contributed by atoms with Crippen molar-refractivity contribution in [2.45, 2.75) is 25.9 Å². The first-order chi connectivity index (χ1) is 11.7. The Morgan fingerprint density at radius 1 is 1.25 bits per heavy atom. The Balaban J connectivity index is 1.64. The number of aliphatic carboxylic acids is 1. The molecule has 2 N–H and O–H groups in total. The molecule has 0 aromatic heterocycles. The van der Waals surface area contributed by atoms with Crippen LogP contribution >= 0.6 is 0 Å². The lowest BCUT2D eigenvalue weighted by Crippen LogP contribution is -2.39. The first-order valence-electron chi connectivity index (χ1n) is 8.35. The van der Waals surface area contributed by atoms with Gasteiger partial charge in [-0.2, -0.15) is 0 Å². The molecule has 6 heteroatoms. The second kappa shape index (κ2) is 10.1. The lowest BCUT2D eigenvalue weighted by atomic mass is 9.86. The molecule has 1 fully saturated rings. The van der Waals surface area contributed by atoms with Crippen molar-refractivity contribution in [3.05, 3.63) is 35.9 Å². The number of rotatable bonds is 9. The number of benzene rings is 1. The summed E-state index contributed by atoms with van der Waals surface area (Å²) in [7, 11) is 0. The molecule has 1 heterocycles. The van der Waals surface area contributed by atoms with E-state index in [0.717, 1.165) is 18.4 Å². The molecule has 1 saturated heterocycles.